The smallest absolute Gasteiger partial charge is 0.394 e. The highest BCUT2D eigenvalue weighted by atomic mass is 31.2. The SMILES string of the molecule is NP(=O)(O)O.OCCOCCOCCOCCOCCOCCO. The van der Waals surface area contributed by atoms with Gasteiger partial charge in [0.1, 0.15) is 0 Å². The first-order valence-corrected chi connectivity index (χ1v) is 9.04. The van der Waals surface area contributed by atoms with E-state index in [2.05, 4.69) is 5.50 Å². The summed E-state index contributed by atoms with van der Waals surface area (Å²) < 4.78 is 34.9. The molecule has 0 aromatic heterocycles. The van der Waals surface area contributed by atoms with Crippen LogP contribution in [0.3, 0.4) is 0 Å². The molecule has 11 nitrogen and oxygen atoms in total. The molecule has 24 heavy (non-hydrogen) atoms. The van der Waals surface area contributed by atoms with E-state index < -0.39 is 7.75 Å². The molecule has 0 aliphatic carbocycles. The maximum absolute atomic E-state index is 9.10. The second-order valence-corrected chi connectivity index (χ2v) is 5.28. The van der Waals surface area contributed by atoms with Crippen LogP contribution in [0.1, 0.15) is 0 Å². The zero-order valence-electron chi connectivity index (χ0n) is 13.7. The van der Waals surface area contributed by atoms with Crippen molar-refractivity contribution in [1.82, 2.24) is 0 Å². The van der Waals surface area contributed by atoms with E-state index in [1.807, 2.05) is 0 Å². The number of ether oxygens (including phenoxy) is 5. The lowest BCUT2D eigenvalue weighted by molar-refractivity contribution is -0.0151. The minimum Gasteiger partial charge on any atom is -0.394 e. The Morgan fingerprint density at radius 3 is 0.917 bits per heavy atom. The van der Waals surface area contributed by atoms with E-state index in [1.165, 1.54) is 0 Å². The molecule has 0 rings (SSSR count). The van der Waals surface area contributed by atoms with Crippen LogP contribution in [0, 0.1) is 0 Å². The first-order valence-electron chi connectivity index (χ1n) is 7.36. The molecule has 0 unspecified atom stereocenters. The minimum absolute atomic E-state index is 0.0359. The third-order valence-electron chi connectivity index (χ3n) is 1.96. The average Bonchev–Trinajstić information content (AvgIpc) is 2.49. The van der Waals surface area contributed by atoms with Crippen LogP contribution in [0.5, 0.6) is 0 Å². The Bertz CT molecular complexity index is 254. The van der Waals surface area contributed by atoms with Crippen LogP contribution < -0.4 is 5.50 Å². The van der Waals surface area contributed by atoms with Crippen LogP contribution in [-0.4, -0.2) is 99.3 Å². The molecule has 0 aliphatic rings. The molecule has 12 heteroatoms. The summed E-state index contributed by atoms with van der Waals surface area (Å²) in [6, 6.07) is 0. The van der Waals surface area contributed by atoms with Gasteiger partial charge >= 0.3 is 7.75 Å². The summed E-state index contributed by atoms with van der Waals surface area (Å²) in [6.07, 6.45) is 0. The Kier molecular flexibility index (Phi) is 22.7. The van der Waals surface area contributed by atoms with Crippen molar-refractivity contribution >= 4 is 7.75 Å². The number of hydrogen-bond donors (Lipinski definition) is 5. The van der Waals surface area contributed by atoms with Gasteiger partial charge in [-0.25, -0.2) is 10.1 Å². The van der Waals surface area contributed by atoms with Gasteiger partial charge in [-0.05, 0) is 0 Å². The molecule has 0 radical (unpaired) electrons. The lowest BCUT2D eigenvalue weighted by Crippen LogP contribution is -2.14. The van der Waals surface area contributed by atoms with Gasteiger partial charge in [0, 0.05) is 0 Å². The van der Waals surface area contributed by atoms with Crippen molar-refractivity contribution in [3.8, 4) is 0 Å². The lowest BCUT2D eigenvalue weighted by atomic mass is 10.7. The van der Waals surface area contributed by atoms with E-state index in [4.69, 9.17) is 48.2 Å². The molecule has 0 amide bonds. The molecule has 0 saturated carbocycles. The summed E-state index contributed by atoms with van der Waals surface area (Å²) in [4.78, 5) is 14.8. The Balaban J connectivity index is 0. The molecule has 0 bridgehead atoms. The molecule has 0 spiro atoms. The van der Waals surface area contributed by atoms with Gasteiger partial charge < -0.3 is 43.7 Å². The van der Waals surface area contributed by atoms with Gasteiger partial charge in [-0.3, -0.25) is 0 Å². The number of hydrogen-bond acceptors (Lipinski definition) is 8. The van der Waals surface area contributed by atoms with Gasteiger partial charge in [-0.15, -0.1) is 0 Å². The maximum Gasteiger partial charge on any atom is 0.397 e. The topological polar surface area (TPSA) is 170 Å². The van der Waals surface area contributed by atoms with E-state index in [9.17, 15) is 0 Å². The van der Waals surface area contributed by atoms with Crippen molar-refractivity contribution in [1.29, 1.82) is 0 Å². The summed E-state index contributed by atoms with van der Waals surface area (Å²) in [7, 11) is -4.14. The van der Waals surface area contributed by atoms with Gasteiger partial charge in [0.05, 0.1) is 79.3 Å². The summed E-state index contributed by atoms with van der Waals surface area (Å²) in [5, 5.41) is 16.9. The highest BCUT2D eigenvalue weighted by Crippen LogP contribution is 2.20. The van der Waals surface area contributed by atoms with E-state index >= 15 is 0 Å². The minimum atomic E-state index is -4.14. The summed E-state index contributed by atoms with van der Waals surface area (Å²) in [5.41, 5.74) is 4.02. The number of aliphatic hydroxyl groups excluding tert-OH is 2. The Labute approximate surface area is 141 Å². The molecular formula is C12H30NO10P. The van der Waals surface area contributed by atoms with Crippen LogP contribution in [-0.2, 0) is 28.2 Å². The average molecular weight is 379 g/mol. The quantitative estimate of drug-likeness (QED) is 0.150. The van der Waals surface area contributed by atoms with E-state index in [0.717, 1.165) is 0 Å². The van der Waals surface area contributed by atoms with Crippen LogP contribution in [0.4, 0.5) is 0 Å². The maximum atomic E-state index is 9.10. The number of nitrogens with two attached hydrogens (primary N) is 1. The van der Waals surface area contributed by atoms with Crippen molar-refractivity contribution in [3.05, 3.63) is 0 Å². The van der Waals surface area contributed by atoms with Gasteiger partial charge in [0.25, 0.3) is 0 Å². The van der Waals surface area contributed by atoms with Gasteiger partial charge in [0.15, 0.2) is 0 Å². The monoisotopic (exact) mass is 379 g/mol. The summed E-state index contributed by atoms with van der Waals surface area (Å²) in [6.45, 7) is 4.80. The first-order chi connectivity index (χ1) is 11.4. The van der Waals surface area contributed by atoms with E-state index in [0.29, 0.717) is 66.1 Å². The van der Waals surface area contributed by atoms with Crippen LogP contribution in [0.2, 0.25) is 0 Å². The number of rotatable bonds is 16. The molecule has 0 fully saturated rings. The summed E-state index contributed by atoms with van der Waals surface area (Å²) in [5.74, 6) is 0. The molecule has 6 N–H and O–H groups in total. The van der Waals surface area contributed by atoms with Crippen molar-refractivity contribution in [2.24, 2.45) is 5.50 Å². The highest BCUT2D eigenvalue weighted by molar-refractivity contribution is 7.49. The third kappa shape index (κ3) is 37.8. The molecule has 148 valence electrons. The van der Waals surface area contributed by atoms with Crippen LogP contribution in [0.25, 0.3) is 0 Å². The second-order valence-electron chi connectivity index (χ2n) is 4.10. The first kappa shape index (κ1) is 26.1. The normalized spacial score (nSPS) is 11.2. The van der Waals surface area contributed by atoms with Crippen molar-refractivity contribution in [3.63, 3.8) is 0 Å². The second kappa shape index (κ2) is 20.9. The number of aliphatic hydroxyl groups is 2. The standard InChI is InChI=1S/C12H26O7.H4NO3P/c13-1-3-15-5-7-17-9-11-19-12-10-18-8-6-16-4-2-14;1-5(2,3)4/h13-14H,1-12H2;(H4,1,2,3,4). The van der Waals surface area contributed by atoms with E-state index in [1.54, 1.807) is 0 Å². The molecule has 0 aromatic carbocycles. The van der Waals surface area contributed by atoms with Crippen LogP contribution in [0.15, 0.2) is 0 Å². The van der Waals surface area contributed by atoms with Gasteiger partial charge in [0.2, 0.25) is 0 Å². The molecular weight excluding hydrogens is 349 g/mol. The van der Waals surface area contributed by atoms with Crippen LogP contribution >= 0.6 is 7.75 Å². The fourth-order valence-electron chi connectivity index (χ4n) is 1.11. The predicted octanol–water partition coefficient (Wildman–Crippen LogP) is -1.91. The molecule has 0 saturated heterocycles. The van der Waals surface area contributed by atoms with Crippen molar-refractivity contribution < 1.29 is 48.2 Å². The molecule has 0 aliphatic heterocycles. The third-order valence-corrected chi connectivity index (χ3v) is 1.96. The van der Waals surface area contributed by atoms with E-state index in [-0.39, 0.29) is 13.2 Å². The van der Waals surface area contributed by atoms with Gasteiger partial charge in [-0.2, -0.15) is 0 Å². The predicted molar refractivity (Wildman–Crippen MR) is 84.5 cm³/mol. The largest absolute Gasteiger partial charge is 0.397 e. The fraction of sp³-hybridized carbons (Fsp3) is 1.00. The fourth-order valence-corrected chi connectivity index (χ4v) is 1.11. The van der Waals surface area contributed by atoms with Crippen molar-refractivity contribution in [2.45, 2.75) is 0 Å². The molecule has 0 aromatic rings. The van der Waals surface area contributed by atoms with Gasteiger partial charge in [-0.1, -0.05) is 0 Å². The molecule has 0 atom stereocenters. The zero-order chi connectivity index (χ0) is 18.5. The summed E-state index contributed by atoms with van der Waals surface area (Å²) >= 11 is 0. The lowest BCUT2D eigenvalue weighted by Gasteiger charge is -2.07. The highest BCUT2D eigenvalue weighted by Gasteiger charge is 1.96. The Morgan fingerprint density at radius 2 is 0.750 bits per heavy atom. The zero-order valence-corrected chi connectivity index (χ0v) is 14.6. The molecule has 0 heterocycles. The Morgan fingerprint density at radius 1 is 0.583 bits per heavy atom. The van der Waals surface area contributed by atoms with Crippen molar-refractivity contribution in [2.75, 3.05) is 79.3 Å². The Hall–Kier alpha value is -0.170.